The number of nitrogens with one attached hydrogen (secondary N) is 1. The zero-order valence-corrected chi connectivity index (χ0v) is 9.86. The van der Waals surface area contributed by atoms with Gasteiger partial charge in [-0.2, -0.15) is 0 Å². The Bertz CT molecular complexity index is 231. The van der Waals surface area contributed by atoms with Crippen LogP contribution < -0.4 is 5.32 Å². The van der Waals surface area contributed by atoms with Gasteiger partial charge in [-0.3, -0.25) is 9.59 Å². The molecular formula is C10H19NO5. The molecule has 0 aliphatic rings. The summed E-state index contributed by atoms with van der Waals surface area (Å²) in [4.78, 5) is 21.9. The number of carboxylic acid groups (broad SMARTS) is 1. The molecule has 2 N–H and O–H groups in total. The maximum Gasteiger partial charge on any atom is 0.308 e. The van der Waals surface area contributed by atoms with Gasteiger partial charge in [0.15, 0.2) is 0 Å². The predicted molar refractivity (Wildman–Crippen MR) is 57.1 cm³/mol. The van der Waals surface area contributed by atoms with Crippen molar-refractivity contribution in [1.82, 2.24) is 5.32 Å². The lowest BCUT2D eigenvalue weighted by atomic mass is 10.2. The average molecular weight is 233 g/mol. The van der Waals surface area contributed by atoms with Crippen LogP contribution in [0.3, 0.4) is 0 Å². The Kier molecular flexibility index (Phi) is 7.49. The molecule has 0 aromatic heterocycles. The molecule has 0 saturated heterocycles. The third-order valence-corrected chi connectivity index (χ3v) is 2.03. The normalized spacial score (nSPS) is 14.2. The highest BCUT2D eigenvalue weighted by molar-refractivity contribution is 5.81. The summed E-state index contributed by atoms with van der Waals surface area (Å²) in [5.41, 5.74) is 0. The number of hydrogen-bond acceptors (Lipinski definition) is 4. The Hall–Kier alpha value is -1.14. The van der Waals surface area contributed by atoms with Crippen LogP contribution in [0.4, 0.5) is 0 Å². The third-order valence-electron chi connectivity index (χ3n) is 2.03. The summed E-state index contributed by atoms with van der Waals surface area (Å²) in [6.07, 6.45) is -0.601. The molecule has 1 amide bonds. The molecule has 0 aliphatic carbocycles. The van der Waals surface area contributed by atoms with Crippen molar-refractivity contribution >= 4 is 11.9 Å². The van der Waals surface area contributed by atoms with E-state index in [-0.39, 0.29) is 12.5 Å². The van der Waals surface area contributed by atoms with Crippen LogP contribution in [0.15, 0.2) is 0 Å². The summed E-state index contributed by atoms with van der Waals surface area (Å²) in [7, 11) is 1.54. The van der Waals surface area contributed by atoms with Crippen molar-refractivity contribution < 1.29 is 24.2 Å². The third kappa shape index (κ3) is 6.36. The van der Waals surface area contributed by atoms with E-state index in [1.807, 2.05) is 0 Å². The van der Waals surface area contributed by atoms with Gasteiger partial charge >= 0.3 is 5.97 Å². The summed E-state index contributed by atoms with van der Waals surface area (Å²) in [6, 6.07) is 0. The molecule has 0 radical (unpaired) electrons. The van der Waals surface area contributed by atoms with Gasteiger partial charge in [-0.05, 0) is 6.92 Å². The molecular weight excluding hydrogens is 214 g/mol. The second kappa shape index (κ2) is 8.06. The van der Waals surface area contributed by atoms with Gasteiger partial charge in [0.2, 0.25) is 5.91 Å². The van der Waals surface area contributed by atoms with Crippen LogP contribution in [-0.2, 0) is 19.1 Å². The average Bonchev–Trinajstić information content (AvgIpc) is 2.25. The SMILES string of the molecule is COCCOC(C)C(=O)NCC(C)C(=O)O. The van der Waals surface area contributed by atoms with Crippen molar-refractivity contribution in [3.8, 4) is 0 Å². The monoisotopic (exact) mass is 233 g/mol. The molecule has 0 rings (SSSR count). The first-order chi connectivity index (χ1) is 7.49. The highest BCUT2D eigenvalue weighted by Gasteiger charge is 2.16. The molecule has 6 nitrogen and oxygen atoms in total. The Morgan fingerprint density at radius 1 is 1.31 bits per heavy atom. The van der Waals surface area contributed by atoms with E-state index in [0.717, 1.165) is 0 Å². The van der Waals surface area contributed by atoms with Crippen molar-refractivity contribution in [1.29, 1.82) is 0 Å². The highest BCUT2D eigenvalue weighted by atomic mass is 16.5. The van der Waals surface area contributed by atoms with Gasteiger partial charge in [0.1, 0.15) is 6.10 Å². The standard InChI is InChI=1S/C10H19NO5/c1-7(10(13)14)6-11-9(12)8(2)16-5-4-15-3/h7-8H,4-6H2,1-3H3,(H,11,12)(H,13,14). The maximum absolute atomic E-state index is 11.4. The number of carbonyl (C=O) groups is 2. The van der Waals surface area contributed by atoms with Gasteiger partial charge in [-0.15, -0.1) is 0 Å². The summed E-state index contributed by atoms with van der Waals surface area (Å²) in [6.45, 7) is 3.99. The number of rotatable bonds is 8. The zero-order chi connectivity index (χ0) is 12.6. The molecule has 6 heteroatoms. The van der Waals surface area contributed by atoms with Crippen LogP contribution in [0.1, 0.15) is 13.8 Å². The van der Waals surface area contributed by atoms with Gasteiger partial charge in [0.05, 0.1) is 19.1 Å². The number of ether oxygens (including phenoxy) is 2. The number of methoxy groups -OCH3 is 1. The van der Waals surface area contributed by atoms with E-state index < -0.39 is 18.0 Å². The lowest BCUT2D eigenvalue weighted by molar-refractivity contribution is -0.141. The fourth-order valence-corrected chi connectivity index (χ4v) is 0.869. The largest absolute Gasteiger partial charge is 0.481 e. The summed E-state index contributed by atoms with van der Waals surface area (Å²) >= 11 is 0. The van der Waals surface area contributed by atoms with Crippen molar-refractivity contribution in [2.45, 2.75) is 20.0 Å². The summed E-state index contributed by atoms with van der Waals surface area (Å²) in [5.74, 6) is -1.85. The van der Waals surface area contributed by atoms with Gasteiger partial charge in [0, 0.05) is 13.7 Å². The molecule has 16 heavy (non-hydrogen) atoms. The van der Waals surface area contributed by atoms with Crippen LogP contribution in [0.2, 0.25) is 0 Å². The first kappa shape index (κ1) is 14.9. The van der Waals surface area contributed by atoms with Crippen molar-refractivity contribution in [3.05, 3.63) is 0 Å². The lowest BCUT2D eigenvalue weighted by Crippen LogP contribution is -2.38. The molecule has 0 aromatic carbocycles. The van der Waals surface area contributed by atoms with E-state index in [4.69, 9.17) is 14.6 Å². The quantitative estimate of drug-likeness (QED) is 0.571. The first-order valence-electron chi connectivity index (χ1n) is 5.10. The Morgan fingerprint density at radius 3 is 2.44 bits per heavy atom. The molecule has 0 spiro atoms. The topological polar surface area (TPSA) is 84.9 Å². The molecule has 0 fully saturated rings. The number of amides is 1. The van der Waals surface area contributed by atoms with Crippen LogP contribution in [0.5, 0.6) is 0 Å². The Labute approximate surface area is 94.9 Å². The zero-order valence-electron chi connectivity index (χ0n) is 9.86. The minimum atomic E-state index is -0.937. The minimum Gasteiger partial charge on any atom is -0.481 e. The van der Waals surface area contributed by atoms with Crippen LogP contribution in [0.25, 0.3) is 0 Å². The fourth-order valence-electron chi connectivity index (χ4n) is 0.869. The van der Waals surface area contributed by atoms with E-state index >= 15 is 0 Å². The van der Waals surface area contributed by atoms with E-state index in [9.17, 15) is 9.59 Å². The summed E-state index contributed by atoms with van der Waals surface area (Å²) in [5, 5.41) is 11.1. The van der Waals surface area contributed by atoms with E-state index in [1.165, 1.54) is 6.92 Å². The predicted octanol–water partition coefficient (Wildman–Crippen LogP) is -0.125. The second-order valence-corrected chi connectivity index (χ2v) is 3.49. The van der Waals surface area contributed by atoms with E-state index in [2.05, 4.69) is 5.32 Å². The molecule has 0 bridgehead atoms. The number of carboxylic acids is 1. The van der Waals surface area contributed by atoms with E-state index in [0.29, 0.717) is 13.2 Å². The van der Waals surface area contributed by atoms with Crippen molar-refractivity contribution in [2.24, 2.45) is 5.92 Å². The summed E-state index contributed by atoms with van der Waals surface area (Å²) < 4.78 is 9.92. The molecule has 0 saturated carbocycles. The maximum atomic E-state index is 11.4. The first-order valence-corrected chi connectivity index (χ1v) is 5.10. The molecule has 0 aromatic rings. The Balaban J connectivity index is 3.74. The van der Waals surface area contributed by atoms with Gasteiger partial charge in [-0.1, -0.05) is 6.92 Å². The highest BCUT2D eigenvalue weighted by Crippen LogP contribution is 1.94. The molecule has 0 heterocycles. The Morgan fingerprint density at radius 2 is 1.94 bits per heavy atom. The van der Waals surface area contributed by atoms with Crippen molar-refractivity contribution in [3.63, 3.8) is 0 Å². The minimum absolute atomic E-state index is 0.103. The van der Waals surface area contributed by atoms with Gasteiger partial charge in [0.25, 0.3) is 0 Å². The molecule has 94 valence electrons. The van der Waals surface area contributed by atoms with Crippen molar-refractivity contribution in [2.75, 3.05) is 26.9 Å². The van der Waals surface area contributed by atoms with Gasteiger partial charge in [-0.25, -0.2) is 0 Å². The smallest absolute Gasteiger partial charge is 0.308 e. The van der Waals surface area contributed by atoms with Crippen LogP contribution in [-0.4, -0.2) is 50.0 Å². The van der Waals surface area contributed by atoms with Crippen LogP contribution in [0, 0.1) is 5.92 Å². The molecule has 2 unspecified atom stereocenters. The second-order valence-electron chi connectivity index (χ2n) is 3.49. The number of aliphatic carboxylic acids is 1. The lowest BCUT2D eigenvalue weighted by Gasteiger charge is -2.14. The van der Waals surface area contributed by atoms with Gasteiger partial charge < -0.3 is 19.9 Å². The van der Waals surface area contributed by atoms with Crippen LogP contribution >= 0.6 is 0 Å². The molecule has 2 atom stereocenters. The fraction of sp³-hybridized carbons (Fsp3) is 0.800. The number of carbonyl (C=O) groups excluding carboxylic acids is 1. The molecule has 0 aliphatic heterocycles. The van der Waals surface area contributed by atoms with E-state index in [1.54, 1.807) is 14.0 Å². The number of hydrogen-bond donors (Lipinski definition) is 2.